The molecule has 0 spiro atoms. The highest BCUT2D eigenvalue weighted by Crippen LogP contribution is 2.31. The van der Waals surface area contributed by atoms with Crippen LogP contribution in [0.5, 0.6) is 0 Å². The van der Waals surface area contributed by atoms with E-state index in [9.17, 15) is 14.4 Å². The Morgan fingerprint density at radius 2 is 1.76 bits per heavy atom. The first kappa shape index (κ1) is 27.9. The van der Waals surface area contributed by atoms with Crippen LogP contribution in [0.15, 0.2) is 42.7 Å². The molecule has 1 aromatic carbocycles. The molecular formula is C33H43N5O3. The fourth-order valence-electron chi connectivity index (χ4n) is 7.43. The van der Waals surface area contributed by atoms with E-state index in [1.54, 1.807) is 4.90 Å². The van der Waals surface area contributed by atoms with E-state index in [0.717, 1.165) is 58.2 Å². The third-order valence-electron chi connectivity index (χ3n) is 9.66. The molecule has 0 bridgehead atoms. The van der Waals surface area contributed by atoms with Crippen molar-refractivity contribution in [1.29, 1.82) is 0 Å². The molecule has 6 rings (SSSR count). The van der Waals surface area contributed by atoms with Gasteiger partial charge in [0.2, 0.25) is 17.7 Å². The smallest absolute Gasteiger partial charge is 0.242 e. The Morgan fingerprint density at radius 1 is 0.976 bits per heavy atom. The maximum Gasteiger partial charge on any atom is 0.242 e. The topological polar surface area (TPSA) is 94.6 Å². The minimum Gasteiger partial charge on any atom is -0.354 e. The summed E-state index contributed by atoms with van der Waals surface area (Å²) in [6, 6.07) is 9.52. The van der Waals surface area contributed by atoms with Crippen molar-refractivity contribution in [2.75, 3.05) is 32.7 Å². The lowest BCUT2D eigenvalue weighted by molar-refractivity contribution is -0.146. The number of nitrogens with one attached hydrogen (secondary N) is 2. The number of aryl methyl sites for hydroxylation is 1. The molecule has 2 aromatic rings. The lowest BCUT2D eigenvalue weighted by Gasteiger charge is -2.36. The summed E-state index contributed by atoms with van der Waals surface area (Å²) in [6.45, 7) is 5.49. The van der Waals surface area contributed by atoms with Gasteiger partial charge in [-0.25, -0.2) is 0 Å². The summed E-state index contributed by atoms with van der Waals surface area (Å²) in [4.78, 5) is 49.4. The van der Waals surface area contributed by atoms with Crippen LogP contribution in [0.4, 0.5) is 0 Å². The van der Waals surface area contributed by atoms with E-state index in [2.05, 4.69) is 52.9 Å². The van der Waals surface area contributed by atoms with Crippen LogP contribution < -0.4 is 10.6 Å². The number of benzene rings is 1. The van der Waals surface area contributed by atoms with Crippen LogP contribution in [0.25, 0.3) is 0 Å². The zero-order chi connectivity index (χ0) is 28.3. The van der Waals surface area contributed by atoms with Crippen molar-refractivity contribution >= 4 is 17.7 Å². The van der Waals surface area contributed by atoms with Crippen molar-refractivity contribution in [3.05, 3.63) is 65.0 Å². The van der Waals surface area contributed by atoms with Gasteiger partial charge in [0.25, 0.3) is 0 Å². The van der Waals surface area contributed by atoms with Gasteiger partial charge in [0.1, 0.15) is 6.04 Å². The van der Waals surface area contributed by atoms with Gasteiger partial charge in [-0.3, -0.25) is 19.4 Å². The zero-order valence-electron chi connectivity index (χ0n) is 24.2. The molecule has 8 nitrogen and oxygen atoms in total. The van der Waals surface area contributed by atoms with E-state index in [1.807, 2.05) is 17.3 Å². The number of hydrogen-bond donors (Lipinski definition) is 2. The van der Waals surface area contributed by atoms with E-state index in [0.29, 0.717) is 31.8 Å². The molecule has 3 amide bonds. The van der Waals surface area contributed by atoms with E-state index in [4.69, 9.17) is 0 Å². The van der Waals surface area contributed by atoms with E-state index in [-0.39, 0.29) is 29.6 Å². The van der Waals surface area contributed by atoms with Crippen molar-refractivity contribution in [2.45, 2.75) is 70.4 Å². The number of amides is 3. The number of nitrogens with zero attached hydrogens (tertiary/aromatic N) is 3. The first-order valence-corrected chi connectivity index (χ1v) is 15.5. The molecule has 3 saturated heterocycles. The fourth-order valence-corrected chi connectivity index (χ4v) is 7.43. The second-order valence-corrected chi connectivity index (χ2v) is 12.7. The third-order valence-corrected chi connectivity index (χ3v) is 9.66. The van der Waals surface area contributed by atoms with Crippen LogP contribution >= 0.6 is 0 Å². The van der Waals surface area contributed by atoms with Gasteiger partial charge in [-0.05, 0) is 99.4 Å². The summed E-state index contributed by atoms with van der Waals surface area (Å²) < 4.78 is 0. The van der Waals surface area contributed by atoms with Gasteiger partial charge >= 0.3 is 0 Å². The number of piperidine rings is 1. The quantitative estimate of drug-likeness (QED) is 0.546. The molecule has 5 atom stereocenters. The van der Waals surface area contributed by atoms with Crippen molar-refractivity contribution in [1.82, 2.24) is 25.4 Å². The average Bonchev–Trinajstić information content (AvgIpc) is 3.76. The van der Waals surface area contributed by atoms with Gasteiger partial charge in [0.05, 0.1) is 12.0 Å². The molecule has 0 saturated carbocycles. The second-order valence-electron chi connectivity index (χ2n) is 12.7. The van der Waals surface area contributed by atoms with Crippen molar-refractivity contribution in [3.8, 4) is 0 Å². The van der Waals surface area contributed by atoms with E-state index < -0.39 is 12.1 Å². The molecule has 1 aromatic heterocycles. The van der Waals surface area contributed by atoms with Gasteiger partial charge in [0, 0.05) is 38.6 Å². The number of hydrogen-bond acceptors (Lipinski definition) is 5. The van der Waals surface area contributed by atoms with Crippen LogP contribution in [0, 0.1) is 24.7 Å². The maximum absolute atomic E-state index is 14.2. The standard InChI is InChI=1S/C33H43N5O3/c1-22-6-8-23(9-7-22)15-25-18-29(31(39)36-19-24-16-26-10-12-34-20-27(26)17-24)38(21-25)33(41)30-28(5-4-11-35-30)32(40)37-13-2-3-14-37/h6-10,12,20,24-25,28-30,35H,2-5,11,13-19,21H2,1H3,(H,36,39)/t24?,25-,28+,29+,30-/m1/s1. The van der Waals surface area contributed by atoms with Gasteiger partial charge in [-0.15, -0.1) is 0 Å². The lowest BCUT2D eigenvalue weighted by Crippen LogP contribution is -2.59. The normalized spacial score (nSPS) is 27.6. The fraction of sp³-hybridized carbons (Fsp3) is 0.576. The molecule has 3 aliphatic heterocycles. The van der Waals surface area contributed by atoms with Gasteiger partial charge in [0.15, 0.2) is 0 Å². The lowest BCUT2D eigenvalue weighted by atomic mass is 9.88. The zero-order valence-corrected chi connectivity index (χ0v) is 24.2. The monoisotopic (exact) mass is 557 g/mol. The van der Waals surface area contributed by atoms with Crippen LogP contribution in [0.2, 0.25) is 0 Å². The second kappa shape index (κ2) is 12.3. The highest BCUT2D eigenvalue weighted by Gasteiger charge is 2.46. The molecule has 3 fully saturated rings. The molecule has 1 unspecified atom stereocenters. The van der Waals surface area contributed by atoms with Crippen molar-refractivity contribution in [3.63, 3.8) is 0 Å². The first-order valence-electron chi connectivity index (χ1n) is 15.5. The summed E-state index contributed by atoms with van der Waals surface area (Å²) in [5.74, 6) is 0.106. The minimum atomic E-state index is -0.567. The van der Waals surface area contributed by atoms with Crippen LogP contribution in [-0.4, -0.2) is 77.3 Å². The Hall–Kier alpha value is -3.26. The Morgan fingerprint density at radius 3 is 2.54 bits per heavy atom. The van der Waals surface area contributed by atoms with E-state index >= 15 is 0 Å². The Balaban J connectivity index is 1.16. The molecule has 41 heavy (non-hydrogen) atoms. The summed E-state index contributed by atoms with van der Waals surface area (Å²) >= 11 is 0. The predicted molar refractivity (Wildman–Crippen MR) is 157 cm³/mol. The summed E-state index contributed by atoms with van der Waals surface area (Å²) in [7, 11) is 0. The Labute approximate surface area is 243 Å². The van der Waals surface area contributed by atoms with E-state index in [1.165, 1.54) is 22.3 Å². The SMILES string of the molecule is Cc1ccc(C[C@@H]2C[C@@H](C(=O)NCC3Cc4ccncc4C3)N(C(=O)[C@@H]3NCCC[C@@H]3C(=O)N3CCCC3)C2)cc1. The average molecular weight is 558 g/mol. The number of carbonyl (C=O) groups is 3. The number of fused-ring (bicyclic) bond motifs is 1. The molecule has 2 N–H and O–H groups in total. The largest absolute Gasteiger partial charge is 0.354 e. The van der Waals surface area contributed by atoms with Crippen LogP contribution in [-0.2, 0) is 33.6 Å². The maximum atomic E-state index is 14.2. The molecule has 1 aliphatic carbocycles. The first-order chi connectivity index (χ1) is 20.0. The molecule has 4 aliphatic rings. The Kier molecular flexibility index (Phi) is 8.37. The van der Waals surface area contributed by atoms with Gasteiger partial charge < -0.3 is 20.4 Å². The number of likely N-dealkylation sites (tertiary alicyclic amines) is 2. The Bertz CT molecular complexity index is 1230. The number of aromatic nitrogens is 1. The molecular weight excluding hydrogens is 514 g/mol. The van der Waals surface area contributed by atoms with Crippen molar-refractivity contribution in [2.24, 2.45) is 17.8 Å². The van der Waals surface area contributed by atoms with Crippen LogP contribution in [0.3, 0.4) is 0 Å². The third kappa shape index (κ3) is 6.17. The summed E-state index contributed by atoms with van der Waals surface area (Å²) in [6.07, 6.45) is 10.7. The number of pyridine rings is 1. The molecule has 218 valence electrons. The van der Waals surface area contributed by atoms with Crippen molar-refractivity contribution < 1.29 is 14.4 Å². The predicted octanol–water partition coefficient (Wildman–Crippen LogP) is 2.67. The van der Waals surface area contributed by atoms with Gasteiger partial charge in [-0.2, -0.15) is 0 Å². The van der Waals surface area contributed by atoms with Gasteiger partial charge in [-0.1, -0.05) is 29.8 Å². The van der Waals surface area contributed by atoms with Crippen LogP contribution in [0.1, 0.15) is 54.4 Å². The highest BCUT2D eigenvalue weighted by molar-refractivity contribution is 5.94. The highest BCUT2D eigenvalue weighted by atomic mass is 16.2. The molecule has 4 heterocycles. The number of carbonyl (C=O) groups excluding carboxylic acids is 3. The summed E-state index contributed by atoms with van der Waals surface area (Å²) in [5, 5.41) is 6.60. The molecule has 8 heteroatoms. The minimum absolute atomic E-state index is 0.0722. The summed E-state index contributed by atoms with van der Waals surface area (Å²) in [5.41, 5.74) is 5.02. The molecule has 0 radical (unpaired) electrons. The number of rotatable bonds is 7.